The highest BCUT2D eigenvalue weighted by Gasteiger charge is 2.20. The first-order valence-electron chi connectivity index (χ1n) is 4.30. The molecule has 1 N–H and O–H groups in total. The Morgan fingerprint density at radius 2 is 2.36 bits per heavy atom. The van der Waals surface area contributed by atoms with Crippen molar-refractivity contribution in [2.24, 2.45) is 0 Å². The smallest absolute Gasteiger partial charge is 0.354 e. The predicted molar refractivity (Wildman–Crippen MR) is 54.1 cm³/mol. The zero-order valence-corrected chi connectivity index (χ0v) is 8.71. The van der Waals surface area contributed by atoms with Crippen LogP contribution < -0.4 is 0 Å². The van der Waals surface area contributed by atoms with Crippen molar-refractivity contribution in [2.45, 2.75) is 19.8 Å². The van der Waals surface area contributed by atoms with Gasteiger partial charge in [-0.15, -0.1) is 11.3 Å². The van der Waals surface area contributed by atoms with Crippen LogP contribution in [0.4, 0.5) is 0 Å². The van der Waals surface area contributed by atoms with Crippen LogP contribution in [0.25, 0.3) is 4.96 Å². The standard InChI is InChI=1S/C9H10N2O2S/c1-5(2)6-7(8(12)13)11-3-4-14-9(11)10-6/h3-5H,1-2H3,(H,12,13). The summed E-state index contributed by atoms with van der Waals surface area (Å²) in [7, 11) is 0. The molecule has 0 aromatic carbocycles. The van der Waals surface area contributed by atoms with Gasteiger partial charge < -0.3 is 5.11 Å². The number of fused-ring (bicyclic) bond motifs is 1. The number of aromatic carboxylic acids is 1. The molecule has 0 aliphatic carbocycles. The van der Waals surface area contributed by atoms with Crippen LogP contribution in [-0.2, 0) is 0 Å². The van der Waals surface area contributed by atoms with Crippen LogP contribution in [-0.4, -0.2) is 20.5 Å². The number of rotatable bonds is 2. The number of carboxylic acid groups (broad SMARTS) is 1. The van der Waals surface area contributed by atoms with E-state index in [0.717, 1.165) is 4.96 Å². The van der Waals surface area contributed by atoms with E-state index in [2.05, 4.69) is 4.98 Å². The molecule has 0 spiro atoms. The van der Waals surface area contributed by atoms with Gasteiger partial charge in [0.15, 0.2) is 10.7 Å². The maximum atomic E-state index is 11.0. The molecule has 4 nitrogen and oxygen atoms in total. The van der Waals surface area contributed by atoms with Crippen LogP contribution >= 0.6 is 11.3 Å². The van der Waals surface area contributed by atoms with Crippen molar-refractivity contribution >= 4 is 22.3 Å². The van der Waals surface area contributed by atoms with Gasteiger partial charge in [-0.3, -0.25) is 4.40 Å². The molecule has 2 heterocycles. The lowest BCUT2D eigenvalue weighted by molar-refractivity contribution is 0.0687. The normalized spacial score (nSPS) is 11.4. The first kappa shape index (κ1) is 9.21. The topological polar surface area (TPSA) is 54.6 Å². The van der Waals surface area contributed by atoms with Crippen molar-refractivity contribution in [3.05, 3.63) is 23.0 Å². The Morgan fingerprint density at radius 1 is 1.64 bits per heavy atom. The lowest BCUT2D eigenvalue weighted by Crippen LogP contribution is -2.05. The summed E-state index contributed by atoms with van der Waals surface area (Å²) < 4.78 is 1.63. The van der Waals surface area contributed by atoms with Gasteiger partial charge in [0.1, 0.15) is 0 Å². The molecule has 2 aromatic rings. The van der Waals surface area contributed by atoms with Crippen molar-refractivity contribution in [1.82, 2.24) is 9.38 Å². The van der Waals surface area contributed by atoms with E-state index in [1.165, 1.54) is 11.3 Å². The molecule has 0 bridgehead atoms. The lowest BCUT2D eigenvalue weighted by Gasteiger charge is -2.01. The summed E-state index contributed by atoms with van der Waals surface area (Å²) in [4.78, 5) is 16.1. The second-order valence-electron chi connectivity index (χ2n) is 3.36. The van der Waals surface area contributed by atoms with Gasteiger partial charge in [0.2, 0.25) is 0 Å². The number of carbonyl (C=O) groups is 1. The van der Waals surface area contributed by atoms with E-state index < -0.39 is 5.97 Å². The number of hydrogen-bond acceptors (Lipinski definition) is 3. The molecule has 74 valence electrons. The third-order valence-electron chi connectivity index (χ3n) is 2.04. The van der Waals surface area contributed by atoms with Crippen molar-refractivity contribution < 1.29 is 9.90 Å². The van der Waals surface area contributed by atoms with Gasteiger partial charge in [0.25, 0.3) is 0 Å². The van der Waals surface area contributed by atoms with Gasteiger partial charge in [-0.2, -0.15) is 0 Å². The number of thiazole rings is 1. The number of hydrogen-bond donors (Lipinski definition) is 1. The maximum Gasteiger partial charge on any atom is 0.354 e. The second-order valence-corrected chi connectivity index (χ2v) is 4.23. The summed E-state index contributed by atoms with van der Waals surface area (Å²) in [6, 6.07) is 0. The first-order chi connectivity index (χ1) is 6.61. The Hall–Kier alpha value is -1.36. The van der Waals surface area contributed by atoms with Crippen LogP contribution in [0.2, 0.25) is 0 Å². The van der Waals surface area contributed by atoms with Crippen molar-refractivity contribution in [1.29, 1.82) is 0 Å². The van der Waals surface area contributed by atoms with E-state index in [9.17, 15) is 4.79 Å². The monoisotopic (exact) mass is 210 g/mol. The molecule has 14 heavy (non-hydrogen) atoms. The molecule has 0 fully saturated rings. The number of nitrogens with zero attached hydrogens (tertiary/aromatic N) is 2. The van der Waals surface area contributed by atoms with E-state index in [0.29, 0.717) is 5.69 Å². The van der Waals surface area contributed by atoms with Crippen LogP contribution in [0.3, 0.4) is 0 Å². The SMILES string of the molecule is CC(C)c1nc2sccn2c1C(=O)O. The molecule has 0 unspecified atom stereocenters. The fourth-order valence-electron chi connectivity index (χ4n) is 1.42. The highest BCUT2D eigenvalue weighted by molar-refractivity contribution is 7.15. The van der Waals surface area contributed by atoms with Gasteiger partial charge in [-0.25, -0.2) is 9.78 Å². The number of carboxylic acids is 1. The number of imidazole rings is 1. The Labute approximate surface area is 84.8 Å². The zero-order valence-electron chi connectivity index (χ0n) is 7.89. The van der Waals surface area contributed by atoms with Gasteiger partial charge in [-0.1, -0.05) is 13.8 Å². The number of aromatic nitrogens is 2. The summed E-state index contributed by atoms with van der Waals surface area (Å²) in [5, 5.41) is 10.9. The molecule has 2 rings (SSSR count). The summed E-state index contributed by atoms with van der Waals surface area (Å²) in [5.74, 6) is -0.784. The van der Waals surface area contributed by atoms with E-state index in [1.807, 2.05) is 19.2 Å². The summed E-state index contributed by atoms with van der Waals surface area (Å²) in [5.41, 5.74) is 0.945. The molecule has 5 heteroatoms. The minimum Gasteiger partial charge on any atom is -0.477 e. The molecular formula is C9H10N2O2S. The Bertz CT molecular complexity index is 484. The second kappa shape index (κ2) is 3.09. The fraction of sp³-hybridized carbons (Fsp3) is 0.333. The molecule has 0 aliphatic heterocycles. The molecule has 0 saturated carbocycles. The average molecular weight is 210 g/mol. The fourth-order valence-corrected chi connectivity index (χ4v) is 2.14. The Morgan fingerprint density at radius 3 is 2.93 bits per heavy atom. The largest absolute Gasteiger partial charge is 0.477 e. The van der Waals surface area contributed by atoms with Crippen molar-refractivity contribution in [2.75, 3.05) is 0 Å². The van der Waals surface area contributed by atoms with Gasteiger partial charge in [0.05, 0.1) is 5.69 Å². The van der Waals surface area contributed by atoms with Crippen molar-refractivity contribution in [3.8, 4) is 0 Å². The van der Waals surface area contributed by atoms with Gasteiger partial charge in [0, 0.05) is 11.6 Å². The highest BCUT2D eigenvalue weighted by atomic mass is 32.1. The molecule has 0 saturated heterocycles. The van der Waals surface area contributed by atoms with Crippen LogP contribution in [0, 0.1) is 0 Å². The predicted octanol–water partition coefficient (Wildman–Crippen LogP) is 2.22. The van der Waals surface area contributed by atoms with Gasteiger partial charge in [-0.05, 0) is 5.92 Å². The van der Waals surface area contributed by atoms with E-state index >= 15 is 0 Å². The van der Waals surface area contributed by atoms with E-state index in [4.69, 9.17) is 5.11 Å². The molecular weight excluding hydrogens is 200 g/mol. The third kappa shape index (κ3) is 1.21. The summed E-state index contributed by atoms with van der Waals surface area (Å²) in [6.45, 7) is 3.89. The minimum absolute atomic E-state index is 0.133. The maximum absolute atomic E-state index is 11.0. The summed E-state index contributed by atoms with van der Waals surface area (Å²) in [6.07, 6.45) is 1.74. The minimum atomic E-state index is -0.917. The Balaban J connectivity index is 2.76. The zero-order chi connectivity index (χ0) is 10.3. The highest BCUT2D eigenvalue weighted by Crippen LogP contribution is 2.23. The first-order valence-corrected chi connectivity index (χ1v) is 5.18. The van der Waals surface area contributed by atoms with E-state index in [-0.39, 0.29) is 11.6 Å². The van der Waals surface area contributed by atoms with Crippen molar-refractivity contribution in [3.63, 3.8) is 0 Å². The van der Waals surface area contributed by atoms with Crippen LogP contribution in [0.1, 0.15) is 35.9 Å². The van der Waals surface area contributed by atoms with Crippen LogP contribution in [0.5, 0.6) is 0 Å². The average Bonchev–Trinajstić information content (AvgIpc) is 2.58. The molecule has 0 amide bonds. The molecule has 0 aliphatic rings. The molecule has 2 aromatic heterocycles. The van der Waals surface area contributed by atoms with Crippen LogP contribution in [0.15, 0.2) is 11.6 Å². The lowest BCUT2D eigenvalue weighted by atomic mass is 10.1. The van der Waals surface area contributed by atoms with Gasteiger partial charge >= 0.3 is 5.97 Å². The third-order valence-corrected chi connectivity index (χ3v) is 2.80. The Kier molecular flexibility index (Phi) is 2.03. The van der Waals surface area contributed by atoms with E-state index in [1.54, 1.807) is 10.6 Å². The molecule has 0 radical (unpaired) electrons. The summed E-state index contributed by atoms with van der Waals surface area (Å²) >= 11 is 1.45. The molecule has 0 atom stereocenters. The quantitative estimate of drug-likeness (QED) is 0.826.